The highest BCUT2D eigenvalue weighted by Gasteiger charge is 2.53. The molecule has 4 nitrogen and oxygen atoms in total. The van der Waals surface area contributed by atoms with Crippen LogP contribution in [0.15, 0.2) is 0 Å². The Hall–Kier alpha value is -1.06. The summed E-state index contributed by atoms with van der Waals surface area (Å²) in [5.41, 5.74) is -0.0541. The lowest BCUT2D eigenvalue weighted by molar-refractivity contribution is -0.153. The summed E-state index contributed by atoms with van der Waals surface area (Å²) in [4.78, 5) is 26.3. The number of carbonyl (C=O) groups excluding carboxylic acids is 2. The third-order valence-corrected chi connectivity index (χ3v) is 3.99. The Morgan fingerprint density at radius 1 is 1.35 bits per heavy atom. The van der Waals surface area contributed by atoms with Gasteiger partial charge in [0.25, 0.3) is 0 Å². The Balaban J connectivity index is 2.23. The van der Waals surface area contributed by atoms with Gasteiger partial charge in [0, 0.05) is 5.54 Å². The van der Waals surface area contributed by atoms with Crippen LogP contribution in [0.3, 0.4) is 0 Å². The fraction of sp³-hybridized carbons (Fsp3) is 0.846. The van der Waals surface area contributed by atoms with Gasteiger partial charge in [0.2, 0.25) is 11.8 Å². The molecule has 1 N–H and O–H groups in total. The van der Waals surface area contributed by atoms with Gasteiger partial charge in [-0.15, -0.1) is 0 Å². The zero-order valence-electron chi connectivity index (χ0n) is 11.0. The SMILES string of the molecule is CCCC1NC(=O)C(CC)N(C2(C)CC2)C1=O. The van der Waals surface area contributed by atoms with E-state index >= 15 is 0 Å². The lowest BCUT2D eigenvalue weighted by Crippen LogP contribution is -2.65. The number of amides is 2. The van der Waals surface area contributed by atoms with Crippen LogP contribution >= 0.6 is 0 Å². The van der Waals surface area contributed by atoms with Crippen molar-refractivity contribution in [1.29, 1.82) is 0 Å². The maximum Gasteiger partial charge on any atom is 0.246 e. The maximum atomic E-state index is 12.4. The minimum Gasteiger partial charge on any atom is -0.343 e. The van der Waals surface area contributed by atoms with Crippen LogP contribution in [0.4, 0.5) is 0 Å². The monoisotopic (exact) mass is 238 g/mol. The summed E-state index contributed by atoms with van der Waals surface area (Å²) in [6.45, 7) is 6.10. The second-order valence-corrected chi connectivity index (χ2v) is 5.48. The summed E-state index contributed by atoms with van der Waals surface area (Å²) in [7, 11) is 0. The second kappa shape index (κ2) is 4.31. The van der Waals surface area contributed by atoms with Crippen LogP contribution in [0.5, 0.6) is 0 Å². The van der Waals surface area contributed by atoms with Gasteiger partial charge >= 0.3 is 0 Å². The van der Waals surface area contributed by atoms with Crippen molar-refractivity contribution in [1.82, 2.24) is 10.2 Å². The highest BCUT2D eigenvalue weighted by Crippen LogP contribution is 2.44. The Morgan fingerprint density at radius 2 is 2.00 bits per heavy atom. The van der Waals surface area contributed by atoms with Crippen LogP contribution in [0, 0.1) is 0 Å². The first-order valence-electron chi connectivity index (χ1n) is 6.67. The maximum absolute atomic E-state index is 12.4. The van der Waals surface area contributed by atoms with Crippen LogP contribution in [0.2, 0.25) is 0 Å². The van der Waals surface area contributed by atoms with Crippen molar-refractivity contribution in [2.75, 3.05) is 0 Å². The fourth-order valence-electron chi connectivity index (χ4n) is 2.68. The molecule has 0 aromatic rings. The van der Waals surface area contributed by atoms with E-state index in [9.17, 15) is 9.59 Å². The van der Waals surface area contributed by atoms with Crippen LogP contribution in [-0.4, -0.2) is 34.3 Å². The zero-order chi connectivity index (χ0) is 12.6. The van der Waals surface area contributed by atoms with E-state index in [1.54, 1.807) is 0 Å². The van der Waals surface area contributed by atoms with E-state index in [-0.39, 0.29) is 29.4 Å². The minimum absolute atomic E-state index is 0.0266. The molecule has 0 spiro atoms. The van der Waals surface area contributed by atoms with Gasteiger partial charge in [-0.05, 0) is 32.6 Å². The van der Waals surface area contributed by atoms with Crippen molar-refractivity contribution < 1.29 is 9.59 Å². The molecular weight excluding hydrogens is 216 g/mol. The van der Waals surface area contributed by atoms with Crippen molar-refractivity contribution in [2.24, 2.45) is 0 Å². The molecule has 2 aliphatic rings. The first kappa shape index (κ1) is 12.4. The molecule has 0 bridgehead atoms. The summed E-state index contributed by atoms with van der Waals surface area (Å²) < 4.78 is 0. The number of hydrogen-bond donors (Lipinski definition) is 1. The molecule has 0 aromatic carbocycles. The van der Waals surface area contributed by atoms with E-state index in [0.29, 0.717) is 6.42 Å². The molecule has 0 aromatic heterocycles. The summed E-state index contributed by atoms with van der Waals surface area (Å²) >= 11 is 0. The van der Waals surface area contributed by atoms with Crippen molar-refractivity contribution >= 4 is 11.8 Å². The summed E-state index contributed by atoms with van der Waals surface area (Å²) in [6.07, 6.45) is 4.42. The Morgan fingerprint density at radius 3 is 2.47 bits per heavy atom. The Kier molecular flexibility index (Phi) is 3.15. The molecule has 1 saturated heterocycles. The van der Waals surface area contributed by atoms with Crippen LogP contribution < -0.4 is 5.32 Å². The Bertz CT molecular complexity index is 336. The molecule has 1 heterocycles. The van der Waals surface area contributed by atoms with Gasteiger partial charge in [-0.3, -0.25) is 9.59 Å². The standard InChI is InChI=1S/C13H22N2O2/c1-4-6-9-12(17)15(13(3)7-8-13)10(5-2)11(16)14-9/h9-10H,4-8H2,1-3H3,(H,14,16). The number of carbonyl (C=O) groups is 2. The lowest BCUT2D eigenvalue weighted by Gasteiger charge is -2.42. The number of nitrogens with one attached hydrogen (secondary N) is 1. The Labute approximate surface area is 103 Å². The molecule has 17 heavy (non-hydrogen) atoms. The highest BCUT2D eigenvalue weighted by molar-refractivity contribution is 5.97. The zero-order valence-corrected chi connectivity index (χ0v) is 11.0. The topological polar surface area (TPSA) is 49.4 Å². The van der Waals surface area contributed by atoms with Gasteiger partial charge in [-0.25, -0.2) is 0 Å². The third-order valence-electron chi connectivity index (χ3n) is 3.99. The average molecular weight is 238 g/mol. The molecule has 2 rings (SSSR count). The first-order chi connectivity index (χ1) is 8.03. The lowest BCUT2D eigenvalue weighted by atomic mass is 9.99. The van der Waals surface area contributed by atoms with Gasteiger partial charge in [0.1, 0.15) is 12.1 Å². The molecular formula is C13H22N2O2. The van der Waals surface area contributed by atoms with Crippen LogP contribution in [0.1, 0.15) is 52.9 Å². The predicted molar refractivity (Wildman–Crippen MR) is 65.4 cm³/mol. The summed E-state index contributed by atoms with van der Waals surface area (Å²) in [6, 6.07) is -0.559. The van der Waals surface area contributed by atoms with Gasteiger partial charge < -0.3 is 10.2 Å². The molecule has 2 fully saturated rings. The van der Waals surface area contributed by atoms with Gasteiger partial charge in [0.15, 0.2) is 0 Å². The molecule has 4 heteroatoms. The third kappa shape index (κ3) is 2.05. The second-order valence-electron chi connectivity index (χ2n) is 5.48. The molecule has 2 amide bonds. The van der Waals surface area contributed by atoms with Crippen molar-refractivity contribution in [2.45, 2.75) is 70.5 Å². The van der Waals surface area contributed by atoms with E-state index in [2.05, 4.69) is 12.2 Å². The van der Waals surface area contributed by atoms with Crippen molar-refractivity contribution in [3.8, 4) is 0 Å². The highest BCUT2D eigenvalue weighted by atomic mass is 16.2. The average Bonchev–Trinajstić information content (AvgIpc) is 3.02. The van der Waals surface area contributed by atoms with Crippen LogP contribution in [0.25, 0.3) is 0 Å². The van der Waals surface area contributed by atoms with Gasteiger partial charge in [-0.2, -0.15) is 0 Å². The normalized spacial score (nSPS) is 31.4. The van der Waals surface area contributed by atoms with E-state index < -0.39 is 0 Å². The smallest absolute Gasteiger partial charge is 0.246 e. The predicted octanol–water partition coefficient (Wildman–Crippen LogP) is 1.44. The number of nitrogens with zero attached hydrogens (tertiary/aromatic N) is 1. The minimum atomic E-state index is -0.298. The quantitative estimate of drug-likeness (QED) is 0.805. The molecule has 1 saturated carbocycles. The van der Waals surface area contributed by atoms with Crippen LogP contribution in [-0.2, 0) is 9.59 Å². The summed E-state index contributed by atoms with van der Waals surface area (Å²) in [5.74, 6) is 0.150. The molecule has 2 atom stereocenters. The van der Waals surface area contributed by atoms with E-state index in [4.69, 9.17) is 0 Å². The van der Waals surface area contributed by atoms with Crippen molar-refractivity contribution in [3.05, 3.63) is 0 Å². The van der Waals surface area contributed by atoms with Gasteiger partial charge in [-0.1, -0.05) is 20.3 Å². The first-order valence-corrected chi connectivity index (χ1v) is 6.67. The largest absolute Gasteiger partial charge is 0.343 e. The van der Waals surface area contributed by atoms with Crippen molar-refractivity contribution in [3.63, 3.8) is 0 Å². The molecule has 1 aliphatic heterocycles. The number of rotatable bonds is 4. The number of hydrogen-bond acceptors (Lipinski definition) is 2. The fourth-order valence-corrected chi connectivity index (χ4v) is 2.68. The van der Waals surface area contributed by atoms with E-state index in [0.717, 1.165) is 25.7 Å². The molecule has 2 unspecified atom stereocenters. The number of piperazine rings is 1. The molecule has 1 aliphatic carbocycles. The van der Waals surface area contributed by atoms with Gasteiger partial charge in [0.05, 0.1) is 0 Å². The molecule has 0 radical (unpaired) electrons. The summed E-state index contributed by atoms with van der Waals surface area (Å²) in [5, 5.41) is 2.87. The van der Waals surface area contributed by atoms with E-state index in [1.807, 2.05) is 18.7 Å². The molecule has 96 valence electrons. The van der Waals surface area contributed by atoms with E-state index in [1.165, 1.54) is 0 Å².